The lowest BCUT2D eigenvalue weighted by atomic mass is 10.1. The van der Waals surface area contributed by atoms with Crippen LogP contribution in [0.3, 0.4) is 0 Å². The summed E-state index contributed by atoms with van der Waals surface area (Å²) in [4.78, 5) is 12.0. The summed E-state index contributed by atoms with van der Waals surface area (Å²) in [5.74, 6) is -3.72. The van der Waals surface area contributed by atoms with Crippen molar-refractivity contribution in [2.24, 2.45) is 0 Å². The summed E-state index contributed by atoms with van der Waals surface area (Å²) in [5.41, 5.74) is -1.60. The van der Waals surface area contributed by atoms with Gasteiger partial charge in [0, 0.05) is 11.8 Å². The summed E-state index contributed by atoms with van der Waals surface area (Å²) in [7, 11) is 1.15. The van der Waals surface area contributed by atoms with E-state index in [9.17, 15) is 31.9 Å². The molecule has 0 fully saturated rings. The van der Waals surface area contributed by atoms with Crippen molar-refractivity contribution in [3.8, 4) is 5.75 Å². The average Bonchev–Trinajstić information content (AvgIpc) is 2.55. The fourth-order valence-electron chi connectivity index (χ4n) is 2.00. The average molecular weight is 361 g/mol. The number of aliphatic hydroxyl groups excluding tert-OH is 1. The summed E-state index contributed by atoms with van der Waals surface area (Å²) in [6.45, 7) is 0. The van der Waals surface area contributed by atoms with Crippen molar-refractivity contribution >= 4 is 11.6 Å². The summed E-state index contributed by atoms with van der Waals surface area (Å²) < 4.78 is 69.3. The Kier molecular flexibility index (Phi) is 5.27. The number of hydrogen-bond acceptors (Lipinski definition) is 3. The fraction of sp³-hybridized carbons (Fsp3) is 0.188. The fourth-order valence-corrected chi connectivity index (χ4v) is 2.00. The van der Waals surface area contributed by atoms with E-state index < -0.39 is 35.4 Å². The van der Waals surface area contributed by atoms with Crippen LogP contribution in [-0.2, 0) is 11.0 Å². The molecule has 2 aromatic carbocycles. The highest BCUT2D eigenvalue weighted by Crippen LogP contribution is 2.34. The van der Waals surface area contributed by atoms with Gasteiger partial charge in [0.05, 0.1) is 12.7 Å². The van der Waals surface area contributed by atoms with Crippen LogP contribution in [-0.4, -0.2) is 18.1 Å². The molecule has 1 unspecified atom stereocenters. The van der Waals surface area contributed by atoms with Crippen molar-refractivity contribution in [1.82, 2.24) is 0 Å². The third kappa shape index (κ3) is 4.44. The molecule has 0 bridgehead atoms. The van der Waals surface area contributed by atoms with Crippen molar-refractivity contribution in [2.75, 3.05) is 12.4 Å². The summed E-state index contributed by atoms with van der Waals surface area (Å²) >= 11 is 0. The zero-order valence-electron chi connectivity index (χ0n) is 12.7. The molecule has 2 N–H and O–H groups in total. The van der Waals surface area contributed by atoms with E-state index in [0.29, 0.717) is 18.2 Å². The minimum atomic E-state index is -4.67. The molecule has 25 heavy (non-hydrogen) atoms. The smallest absolute Gasteiger partial charge is 0.416 e. The number of ether oxygens (including phenoxy) is 1. The molecular formula is C16H12F5NO3. The van der Waals surface area contributed by atoms with Gasteiger partial charge in [0.1, 0.15) is 5.75 Å². The van der Waals surface area contributed by atoms with Crippen LogP contribution < -0.4 is 10.1 Å². The molecule has 9 heteroatoms. The molecule has 0 spiro atoms. The van der Waals surface area contributed by atoms with Crippen LogP contribution >= 0.6 is 0 Å². The van der Waals surface area contributed by atoms with Gasteiger partial charge in [-0.1, -0.05) is 6.07 Å². The van der Waals surface area contributed by atoms with Gasteiger partial charge in [-0.05, 0) is 29.8 Å². The standard InChI is InChI=1S/C16H12F5NO3/c1-25-11-6-9(16(19,20)21)5-10(7-11)22-15(24)14(23)8-2-3-12(17)13(18)4-8/h2-7,14,23H,1H3,(H,22,24). The molecule has 1 atom stereocenters. The molecule has 2 aromatic rings. The van der Waals surface area contributed by atoms with Crippen LogP contribution in [0.5, 0.6) is 5.75 Å². The first-order valence-electron chi connectivity index (χ1n) is 6.82. The van der Waals surface area contributed by atoms with Crippen LogP contribution in [0, 0.1) is 11.6 Å². The molecule has 0 saturated carbocycles. The zero-order chi connectivity index (χ0) is 18.8. The third-order valence-electron chi connectivity index (χ3n) is 3.24. The van der Waals surface area contributed by atoms with E-state index in [1.807, 2.05) is 0 Å². The van der Waals surface area contributed by atoms with Gasteiger partial charge in [0.25, 0.3) is 5.91 Å². The second-order valence-electron chi connectivity index (χ2n) is 5.01. The van der Waals surface area contributed by atoms with Crippen molar-refractivity contribution in [3.05, 3.63) is 59.2 Å². The number of carbonyl (C=O) groups excluding carboxylic acids is 1. The Bertz CT molecular complexity index is 792. The molecular weight excluding hydrogens is 349 g/mol. The minimum absolute atomic E-state index is 0.160. The first kappa shape index (κ1) is 18.7. The Morgan fingerprint density at radius 3 is 2.36 bits per heavy atom. The van der Waals surface area contributed by atoms with Gasteiger partial charge < -0.3 is 15.2 Å². The molecule has 0 aliphatic rings. The van der Waals surface area contributed by atoms with Crippen molar-refractivity contribution in [2.45, 2.75) is 12.3 Å². The lowest BCUT2D eigenvalue weighted by Crippen LogP contribution is -2.21. The second kappa shape index (κ2) is 7.06. The Labute approximate surface area is 138 Å². The van der Waals surface area contributed by atoms with E-state index in [-0.39, 0.29) is 17.0 Å². The third-order valence-corrected chi connectivity index (χ3v) is 3.24. The Hall–Kier alpha value is -2.68. The predicted octanol–water partition coefficient (Wildman–Crippen LogP) is 3.66. The highest BCUT2D eigenvalue weighted by atomic mass is 19.4. The maximum Gasteiger partial charge on any atom is 0.416 e. The lowest BCUT2D eigenvalue weighted by molar-refractivity contribution is -0.137. The summed E-state index contributed by atoms with van der Waals surface area (Å²) in [5, 5.41) is 11.9. The van der Waals surface area contributed by atoms with Crippen molar-refractivity contribution in [3.63, 3.8) is 0 Å². The topological polar surface area (TPSA) is 58.6 Å². The van der Waals surface area contributed by atoms with Crippen molar-refractivity contribution in [1.29, 1.82) is 0 Å². The first-order valence-corrected chi connectivity index (χ1v) is 6.82. The number of methoxy groups -OCH3 is 1. The summed E-state index contributed by atoms with van der Waals surface area (Å²) in [6.07, 6.45) is -6.58. The van der Waals surface area contributed by atoms with Crippen LogP contribution in [0.2, 0.25) is 0 Å². The van der Waals surface area contributed by atoms with Gasteiger partial charge in [-0.25, -0.2) is 8.78 Å². The van der Waals surface area contributed by atoms with E-state index in [1.165, 1.54) is 0 Å². The molecule has 4 nitrogen and oxygen atoms in total. The zero-order valence-corrected chi connectivity index (χ0v) is 12.7. The molecule has 1 amide bonds. The van der Waals surface area contributed by atoms with E-state index in [0.717, 1.165) is 25.3 Å². The Morgan fingerprint density at radius 1 is 1.12 bits per heavy atom. The number of benzene rings is 2. The summed E-state index contributed by atoms with van der Waals surface area (Å²) in [6, 6.07) is 4.82. The number of carbonyl (C=O) groups is 1. The molecule has 0 heterocycles. The van der Waals surface area contributed by atoms with Gasteiger partial charge in [-0.3, -0.25) is 4.79 Å². The number of amides is 1. The highest BCUT2D eigenvalue weighted by Gasteiger charge is 2.32. The SMILES string of the molecule is COc1cc(NC(=O)C(O)c2ccc(F)c(F)c2)cc(C(F)(F)F)c1. The number of aliphatic hydroxyl groups is 1. The number of hydrogen-bond donors (Lipinski definition) is 2. The van der Waals surface area contributed by atoms with Crippen molar-refractivity contribution < 1.29 is 36.6 Å². The minimum Gasteiger partial charge on any atom is -0.497 e. The number of alkyl halides is 3. The normalized spacial score (nSPS) is 12.6. The van der Waals surface area contributed by atoms with Gasteiger partial charge in [0.2, 0.25) is 0 Å². The largest absolute Gasteiger partial charge is 0.497 e. The Morgan fingerprint density at radius 2 is 1.80 bits per heavy atom. The maximum atomic E-state index is 13.2. The first-order chi connectivity index (χ1) is 11.6. The van der Waals surface area contributed by atoms with E-state index in [4.69, 9.17) is 4.74 Å². The van der Waals surface area contributed by atoms with E-state index >= 15 is 0 Å². The molecule has 0 aromatic heterocycles. The highest BCUT2D eigenvalue weighted by molar-refractivity contribution is 5.95. The van der Waals surface area contributed by atoms with Gasteiger partial charge >= 0.3 is 6.18 Å². The number of nitrogens with one attached hydrogen (secondary N) is 1. The molecule has 134 valence electrons. The van der Waals surface area contributed by atoms with Crippen LogP contribution in [0.4, 0.5) is 27.6 Å². The van der Waals surface area contributed by atoms with Crippen LogP contribution in [0.15, 0.2) is 36.4 Å². The van der Waals surface area contributed by atoms with Gasteiger partial charge in [-0.15, -0.1) is 0 Å². The molecule has 0 aliphatic heterocycles. The monoisotopic (exact) mass is 361 g/mol. The molecule has 0 saturated heterocycles. The van der Waals surface area contributed by atoms with Crippen LogP contribution in [0.1, 0.15) is 17.2 Å². The number of rotatable bonds is 4. The van der Waals surface area contributed by atoms with E-state index in [2.05, 4.69) is 5.32 Å². The molecule has 0 radical (unpaired) electrons. The maximum absolute atomic E-state index is 13.2. The predicted molar refractivity (Wildman–Crippen MR) is 77.9 cm³/mol. The van der Waals surface area contributed by atoms with Crippen LogP contribution in [0.25, 0.3) is 0 Å². The lowest BCUT2D eigenvalue weighted by Gasteiger charge is -2.15. The molecule has 0 aliphatic carbocycles. The number of anilines is 1. The van der Waals surface area contributed by atoms with E-state index in [1.54, 1.807) is 0 Å². The molecule has 2 rings (SSSR count). The van der Waals surface area contributed by atoms with Gasteiger partial charge in [-0.2, -0.15) is 13.2 Å². The van der Waals surface area contributed by atoms with Gasteiger partial charge in [0.15, 0.2) is 17.7 Å². The quantitative estimate of drug-likeness (QED) is 0.817. The number of halogens is 5. The second-order valence-corrected chi connectivity index (χ2v) is 5.01. The Balaban J connectivity index is 2.25.